The summed E-state index contributed by atoms with van der Waals surface area (Å²) in [6.45, 7) is 3.52. The van der Waals surface area contributed by atoms with Gasteiger partial charge in [-0.1, -0.05) is 140 Å². The molecule has 14 nitrogen and oxygen atoms in total. The Kier molecular flexibility index (Phi) is 32.2. The normalized spacial score (nSPS) is 27.8. The maximum atomic E-state index is 12.9. The summed E-state index contributed by atoms with van der Waals surface area (Å²) in [5.41, 5.74) is 0. The molecule has 0 radical (unpaired) electrons. The minimum atomic E-state index is -1.70. The van der Waals surface area contributed by atoms with Gasteiger partial charge in [0.25, 0.3) is 0 Å². The average Bonchev–Trinajstić information content (AvgIpc) is 3.25. The minimum absolute atomic E-state index is 0.0577. The van der Waals surface area contributed by atoms with Crippen LogP contribution < -0.4 is 0 Å². The molecule has 11 atom stereocenters. The van der Waals surface area contributed by atoms with Crippen LogP contribution in [0.1, 0.15) is 155 Å². The molecule has 2 aliphatic heterocycles. The van der Waals surface area contributed by atoms with Gasteiger partial charge < -0.3 is 64.2 Å². The molecule has 0 aromatic rings. The highest BCUT2D eigenvalue weighted by molar-refractivity contribution is 5.69. The lowest BCUT2D eigenvalue weighted by atomic mass is 9.98. The number of aliphatic hydroxyl groups is 7. The molecule has 11 unspecified atom stereocenters. The summed E-state index contributed by atoms with van der Waals surface area (Å²) in [6.07, 6.45) is 20.8. The Morgan fingerprint density at radius 3 is 1.67 bits per heavy atom. The summed E-state index contributed by atoms with van der Waals surface area (Å²) in [6, 6.07) is 0. The van der Waals surface area contributed by atoms with Crippen molar-refractivity contribution in [1.29, 1.82) is 0 Å². The minimum Gasteiger partial charge on any atom is -0.457 e. The fraction of sp³-hybridized carbons (Fsp3) is 0.851. The molecule has 0 saturated carbocycles. The molecule has 14 heteroatoms. The van der Waals surface area contributed by atoms with Crippen molar-refractivity contribution < 1.29 is 69.0 Å². The smallest absolute Gasteiger partial charge is 0.306 e. The number of hydrogen-bond donors (Lipinski definition) is 7. The number of allylic oxidation sites excluding steroid dienone is 6. The Morgan fingerprint density at radius 2 is 1.07 bits per heavy atom. The van der Waals surface area contributed by atoms with Gasteiger partial charge in [0.1, 0.15) is 54.9 Å². The van der Waals surface area contributed by atoms with Crippen molar-refractivity contribution in [2.75, 3.05) is 33.0 Å². The number of unbranched alkanes of at least 4 members (excludes halogenated alkanes) is 16. The second-order valence-corrected chi connectivity index (χ2v) is 16.6. The molecule has 2 heterocycles. The van der Waals surface area contributed by atoms with Crippen molar-refractivity contribution in [2.45, 2.75) is 223 Å². The zero-order valence-electron chi connectivity index (χ0n) is 37.4. The number of aliphatic hydroxyl groups excluding tert-OH is 7. The van der Waals surface area contributed by atoms with E-state index in [1.54, 1.807) is 0 Å². The SMILES string of the molecule is CC/C=C\C/C=C\C/C=C\CCCCCCCCCCOCC(COC1OC(COC2OC(CO)C(O)C(O)C2O)C(O)C(O)C1O)OC(=O)CCCCCCCCCCC. The molecule has 0 bridgehead atoms. The molecule has 2 fully saturated rings. The van der Waals surface area contributed by atoms with Crippen molar-refractivity contribution in [3.63, 3.8) is 0 Å². The topological polar surface area (TPSA) is 214 Å². The number of ether oxygens (including phenoxy) is 6. The average molecular weight is 873 g/mol. The van der Waals surface area contributed by atoms with Crippen LogP contribution in [0.3, 0.4) is 0 Å². The fourth-order valence-corrected chi connectivity index (χ4v) is 7.30. The third kappa shape index (κ3) is 24.2. The number of carbonyl (C=O) groups excluding carboxylic acids is 1. The first-order chi connectivity index (χ1) is 29.6. The third-order valence-electron chi connectivity index (χ3n) is 11.2. The van der Waals surface area contributed by atoms with E-state index in [9.17, 15) is 40.5 Å². The molecular formula is C47H84O14. The molecular weight excluding hydrogens is 789 g/mol. The molecule has 0 spiro atoms. The van der Waals surface area contributed by atoms with Crippen LogP contribution in [0.4, 0.5) is 0 Å². The monoisotopic (exact) mass is 873 g/mol. The largest absolute Gasteiger partial charge is 0.457 e. The Bertz CT molecular complexity index is 1150. The summed E-state index contributed by atoms with van der Waals surface area (Å²) in [4.78, 5) is 12.9. The van der Waals surface area contributed by atoms with Crippen molar-refractivity contribution >= 4 is 5.97 Å². The summed E-state index contributed by atoms with van der Waals surface area (Å²) >= 11 is 0. The van der Waals surface area contributed by atoms with Gasteiger partial charge >= 0.3 is 5.97 Å². The van der Waals surface area contributed by atoms with Crippen molar-refractivity contribution in [3.8, 4) is 0 Å². The summed E-state index contributed by atoms with van der Waals surface area (Å²) in [5, 5.41) is 71.9. The van der Waals surface area contributed by atoms with Gasteiger partial charge in [-0.15, -0.1) is 0 Å². The predicted octanol–water partition coefficient (Wildman–Crippen LogP) is 5.85. The van der Waals surface area contributed by atoms with Gasteiger partial charge in [0, 0.05) is 13.0 Å². The third-order valence-corrected chi connectivity index (χ3v) is 11.2. The molecule has 0 aliphatic carbocycles. The second kappa shape index (κ2) is 35.5. The van der Waals surface area contributed by atoms with Gasteiger partial charge in [0.2, 0.25) is 0 Å². The van der Waals surface area contributed by atoms with E-state index in [0.29, 0.717) is 13.0 Å². The van der Waals surface area contributed by atoms with Gasteiger partial charge in [0.05, 0.1) is 26.4 Å². The molecule has 0 aromatic carbocycles. The Labute approximate surface area is 366 Å². The maximum absolute atomic E-state index is 12.9. The first-order valence-corrected chi connectivity index (χ1v) is 23.6. The second-order valence-electron chi connectivity index (χ2n) is 16.6. The molecule has 356 valence electrons. The van der Waals surface area contributed by atoms with Gasteiger partial charge in [-0.3, -0.25) is 4.79 Å². The number of carbonyl (C=O) groups is 1. The zero-order valence-corrected chi connectivity index (χ0v) is 37.4. The molecule has 7 N–H and O–H groups in total. The van der Waals surface area contributed by atoms with Crippen LogP contribution in [0.5, 0.6) is 0 Å². The number of hydrogen-bond acceptors (Lipinski definition) is 14. The highest BCUT2D eigenvalue weighted by atomic mass is 16.7. The summed E-state index contributed by atoms with van der Waals surface area (Å²) in [5.74, 6) is -0.384. The van der Waals surface area contributed by atoms with Crippen LogP contribution in [-0.2, 0) is 33.2 Å². The molecule has 2 aliphatic rings. The van der Waals surface area contributed by atoms with Gasteiger partial charge in [-0.25, -0.2) is 0 Å². The van der Waals surface area contributed by atoms with E-state index in [-0.39, 0.29) is 25.6 Å². The Morgan fingerprint density at radius 1 is 0.557 bits per heavy atom. The maximum Gasteiger partial charge on any atom is 0.306 e. The first-order valence-electron chi connectivity index (χ1n) is 23.6. The summed E-state index contributed by atoms with van der Waals surface area (Å²) in [7, 11) is 0. The van der Waals surface area contributed by atoms with E-state index in [0.717, 1.165) is 64.2 Å². The lowest BCUT2D eigenvalue weighted by molar-refractivity contribution is -0.332. The van der Waals surface area contributed by atoms with E-state index in [4.69, 9.17) is 28.4 Å². The highest BCUT2D eigenvalue weighted by Gasteiger charge is 2.47. The van der Waals surface area contributed by atoms with Crippen LogP contribution in [0.15, 0.2) is 36.5 Å². The van der Waals surface area contributed by atoms with Gasteiger partial charge in [-0.2, -0.15) is 0 Å². The van der Waals surface area contributed by atoms with Crippen molar-refractivity contribution in [3.05, 3.63) is 36.5 Å². The van der Waals surface area contributed by atoms with E-state index in [2.05, 4.69) is 50.3 Å². The Hall–Kier alpha value is -1.79. The van der Waals surface area contributed by atoms with E-state index in [1.807, 2.05) is 0 Å². The van der Waals surface area contributed by atoms with Crippen LogP contribution in [-0.4, -0.2) is 142 Å². The lowest BCUT2D eigenvalue weighted by Crippen LogP contribution is -2.61. The lowest BCUT2D eigenvalue weighted by Gasteiger charge is -2.42. The van der Waals surface area contributed by atoms with E-state index < -0.39 is 80.7 Å². The van der Waals surface area contributed by atoms with E-state index >= 15 is 0 Å². The van der Waals surface area contributed by atoms with Crippen molar-refractivity contribution in [1.82, 2.24) is 0 Å². The number of esters is 1. The Balaban J connectivity index is 1.77. The van der Waals surface area contributed by atoms with Crippen LogP contribution in [0.2, 0.25) is 0 Å². The predicted molar refractivity (Wildman–Crippen MR) is 233 cm³/mol. The zero-order chi connectivity index (χ0) is 44.5. The van der Waals surface area contributed by atoms with Gasteiger partial charge in [0.15, 0.2) is 12.6 Å². The van der Waals surface area contributed by atoms with Crippen LogP contribution in [0, 0.1) is 0 Å². The molecule has 0 amide bonds. The number of rotatable bonds is 36. The van der Waals surface area contributed by atoms with Gasteiger partial charge in [-0.05, 0) is 44.9 Å². The van der Waals surface area contributed by atoms with Crippen LogP contribution >= 0.6 is 0 Å². The first kappa shape index (κ1) is 55.3. The molecule has 61 heavy (non-hydrogen) atoms. The van der Waals surface area contributed by atoms with Crippen LogP contribution in [0.25, 0.3) is 0 Å². The summed E-state index contributed by atoms with van der Waals surface area (Å²) < 4.78 is 34.1. The molecule has 2 saturated heterocycles. The molecule has 2 rings (SSSR count). The van der Waals surface area contributed by atoms with Crippen molar-refractivity contribution in [2.24, 2.45) is 0 Å². The fourth-order valence-electron chi connectivity index (χ4n) is 7.30. The highest BCUT2D eigenvalue weighted by Crippen LogP contribution is 2.26. The van der Waals surface area contributed by atoms with E-state index in [1.165, 1.54) is 64.2 Å². The quantitative estimate of drug-likeness (QED) is 0.0224. The molecule has 0 aromatic heterocycles. The standard InChI is InChI=1S/C47H84O14/c1-3-5-7-9-11-13-14-15-16-17-18-19-20-21-23-25-27-29-31-56-33-36(59-39(49)30-28-26-24-22-12-10-8-6-4-2)34-57-46-45(55)43(53)41(51)38(61-46)35-58-47-44(54)42(52)40(50)37(32-48)60-47/h5,7,11,13,15-16,36-38,40-48,50-55H,3-4,6,8-10,12,14,17-35H2,1-2H3/b7-5-,13-11-,16-15-.